The van der Waals surface area contributed by atoms with Crippen molar-refractivity contribution in [2.75, 3.05) is 20.2 Å². The molecule has 2 aromatic rings. The van der Waals surface area contributed by atoms with Crippen LogP contribution in [0.1, 0.15) is 28.3 Å². The van der Waals surface area contributed by atoms with Gasteiger partial charge in [-0.05, 0) is 43.4 Å². The highest BCUT2D eigenvalue weighted by Crippen LogP contribution is 2.25. The van der Waals surface area contributed by atoms with Crippen molar-refractivity contribution >= 4 is 5.91 Å². The smallest absolute Gasteiger partial charge is 0.272 e. The van der Waals surface area contributed by atoms with Crippen molar-refractivity contribution in [1.29, 1.82) is 0 Å². The summed E-state index contributed by atoms with van der Waals surface area (Å²) in [5.41, 5.74) is 0.721. The molecule has 0 unspecified atom stereocenters. The molecule has 1 aromatic heterocycles. The van der Waals surface area contributed by atoms with Gasteiger partial charge in [-0.2, -0.15) is 0 Å². The molecular formula is C19H22FN3O3. The van der Waals surface area contributed by atoms with E-state index in [0.29, 0.717) is 25.3 Å². The molecule has 6 nitrogen and oxygen atoms in total. The van der Waals surface area contributed by atoms with Gasteiger partial charge in [0.05, 0.1) is 6.10 Å². The normalized spacial score (nSPS) is 20.2. The lowest BCUT2D eigenvalue weighted by Crippen LogP contribution is -2.48. The van der Waals surface area contributed by atoms with Crippen molar-refractivity contribution in [3.8, 4) is 0 Å². The molecule has 1 N–H and O–H groups in total. The average Bonchev–Trinajstić information content (AvgIpc) is 2.60. The van der Waals surface area contributed by atoms with Gasteiger partial charge in [-0.25, -0.2) is 9.37 Å². The van der Waals surface area contributed by atoms with E-state index in [1.807, 2.05) is 6.07 Å². The molecule has 7 heteroatoms. The van der Waals surface area contributed by atoms with Gasteiger partial charge in [0.25, 0.3) is 11.5 Å². The number of H-pyrrole nitrogens is 1. The first-order chi connectivity index (χ1) is 12.5. The minimum atomic E-state index is -0.342. The number of rotatable bonds is 4. The molecule has 26 heavy (non-hydrogen) atoms. The second-order valence-corrected chi connectivity index (χ2v) is 6.62. The van der Waals surface area contributed by atoms with Crippen LogP contribution in [0.5, 0.6) is 0 Å². The Hall–Kier alpha value is -2.54. The number of aryl methyl sites for hydroxylation is 1. The summed E-state index contributed by atoms with van der Waals surface area (Å²) < 4.78 is 19.0. The Morgan fingerprint density at radius 3 is 2.92 bits per heavy atom. The number of nitrogens with zero attached hydrogens (tertiary/aromatic N) is 2. The number of amides is 1. The van der Waals surface area contributed by atoms with Crippen LogP contribution in [0.2, 0.25) is 0 Å². The summed E-state index contributed by atoms with van der Waals surface area (Å²) in [6.07, 6.45) is 1.28. The monoisotopic (exact) mass is 359 g/mol. The quantitative estimate of drug-likeness (QED) is 0.905. The molecule has 1 aliphatic heterocycles. The largest absolute Gasteiger partial charge is 0.379 e. The Morgan fingerprint density at radius 1 is 1.42 bits per heavy atom. The van der Waals surface area contributed by atoms with Gasteiger partial charge in [0.1, 0.15) is 17.3 Å². The van der Waals surface area contributed by atoms with Gasteiger partial charge in [-0.15, -0.1) is 0 Å². The molecule has 0 aliphatic carbocycles. The van der Waals surface area contributed by atoms with E-state index in [1.54, 1.807) is 25.0 Å². The molecule has 0 spiro atoms. The van der Waals surface area contributed by atoms with Gasteiger partial charge in [0, 0.05) is 26.3 Å². The fourth-order valence-corrected chi connectivity index (χ4v) is 3.47. The summed E-state index contributed by atoms with van der Waals surface area (Å²) in [6.45, 7) is 2.61. The van der Waals surface area contributed by atoms with Gasteiger partial charge >= 0.3 is 0 Å². The Labute approximate surface area is 151 Å². The first-order valence-electron chi connectivity index (χ1n) is 8.60. The lowest BCUT2D eigenvalue weighted by molar-refractivity contribution is -0.00719. The van der Waals surface area contributed by atoms with E-state index in [0.717, 1.165) is 12.0 Å². The van der Waals surface area contributed by atoms with Gasteiger partial charge in [-0.1, -0.05) is 12.1 Å². The summed E-state index contributed by atoms with van der Waals surface area (Å²) in [6, 6.07) is 7.78. The predicted octanol–water partition coefficient (Wildman–Crippen LogP) is 1.94. The van der Waals surface area contributed by atoms with Crippen LogP contribution < -0.4 is 5.56 Å². The average molecular weight is 359 g/mol. The number of aromatic amines is 1. The second-order valence-electron chi connectivity index (χ2n) is 6.62. The van der Waals surface area contributed by atoms with Crippen LogP contribution in [0.15, 0.2) is 35.1 Å². The fourth-order valence-electron chi connectivity index (χ4n) is 3.47. The van der Waals surface area contributed by atoms with Crippen molar-refractivity contribution in [1.82, 2.24) is 14.9 Å². The van der Waals surface area contributed by atoms with Crippen LogP contribution in [-0.2, 0) is 11.2 Å². The molecular weight excluding hydrogens is 337 g/mol. The SMILES string of the molecule is CO[C@H]1CN(C(=O)c2cc(=O)[nH]c(C)n2)CC[C@@H]1Cc1cccc(F)c1. The molecule has 0 saturated carbocycles. The Bertz CT molecular complexity index is 852. The zero-order valence-electron chi connectivity index (χ0n) is 14.9. The zero-order chi connectivity index (χ0) is 18.7. The number of piperidine rings is 1. The molecule has 3 rings (SSSR count). The third kappa shape index (κ3) is 4.16. The van der Waals surface area contributed by atoms with Gasteiger partial charge in [0.15, 0.2) is 0 Å². The van der Waals surface area contributed by atoms with Crippen molar-refractivity contribution in [3.05, 3.63) is 63.6 Å². The molecule has 1 aliphatic rings. The number of ether oxygens (including phenoxy) is 1. The molecule has 2 atom stereocenters. The molecule has 1 saturated heterocycles. The third-order valence-electron chi connectivity index (χ3n) is 4.75. The highest BCUT2D eigenvalue weighted by atomic mass is 19.1. The number of benzene rings is 1. The van der Waals surface area contributed by atoms with E-state index in [2.05, 4.69) is 9.97 Å². The van der Waals surface area contributed by atoms with Gasteiger partial charge in [-0.3, -0.25) is 9.59 Å². The zero-order valence-corrected chi connectivity index (χ0v) is 14.9. The summed E-state index contributed by atoms with van der Waals surface area (Å²) in [7, 11) is 1.62. The maximum atomic E-state index is 13.4. The number of methoxy groups -OCH3 is 1. The Kier molecular flexibility index (Phi) is 5.46. The van der Waals surface area contributed by atoms with E-state index >= 15 is 0 Å². The molecule has 2 heterocycles. The fraction of sp³-hybridized carbons (Fsp3) is 0.421. The van der Waals surface area contributed by atoms with E-state index in [9.17, 15) is 14.0 Å². The summed E-state index contributed by atoms with van der Waals surface area (Å²) >= 11 is 0. The van der Waals surface area contributed by atoms with Gasteiger partial charge in [0.2, 0.25) is 0 Å². The van der Waals surface area contributed by atoms with Crippen molar-refractivity contribution < 1.29 is 13.9 Å². The molecule has 1 amide bonds. The Morgan fingerprint density at radius 2 is 2.23 bits per heavy atom. The molecule has 0 bridgehead atoms. The first kappa shape index (κ1) is 18.3. The number of hydrogen-bond acceptors (Lipinski definition) is 4. The van der Waals surface area contributed by atoms with Crippen molar-refractivity contribution in [2.24, 2.45) is 5.92 Å². The number of carbonyl (C=O) groups is 1. The topological polar surface area (TPSA) is 75.3 Å². The maximum absolute atomic E-state index is 13.4. The van der Waals surface area contributed by atoms with Crippen LogP contribution in [-0.4, -0.2) is 47.1 Å². The minimum Gasteiger partial charge on any atom is -0.379 e. The van der Waals surface area contributed by atoms with Crippen LogP contribution in [0.25, 0.3) is 0 Å². The highest BCUT2D eigenvalue weighted by Gasteiger charge is 2.32. The van der Waals surface area contributed by atoms with Crippen LogP contribution in [0, 0.1) is 18.7 Å². The van der Waals surface area contributed by atoms with Crippen LogP contribution in [0.3, 0.4) is 0 Å². The molecule has 138 valence electrons. The highest BCUT2D eigenvalue weighted by molar-refractivity contribution is 5.92. The lowest BCUT2D eigenvalue weighted by atomic mass is 9.87. The Balaban J connectivity index is 1.71. The summed E-state index contributed by atoms with van der Waals surface area (Å²) in [5, 5.41) is 0. The van der Waals surface area contributed by atoms with Crippen molar-refractivity contribution in [3.63, 3.8) is 0 Å². The van der Waals surface area contributed by atoms with Gasteiger partial charge < -0.3 is 14.6 Å². The van der Waals surface area contributed by atoms with Crippen LogP contribution >= 0.6 is 0 Å². The van der Waals surface area contributed by atoms with E-state index in [4.69, 9.17) is 4.74 Å². The predicted molar refractivity (Wildman–Crippen MR) is 94.5 cm³/mol. The molecule has 0 radical (unpaired) electrons. The number of carbonyl (C=O) groups excluding carboxylic acids is 1. The number of hydrogen-bond donors (Lipinski definition) is 1. The maximum Gasteiger partial charge on any atom is 0.272 e. The van der Waals surface area contributed by atoms with E-state index in [-0.39, 0.29) is 35.0 Å². The number of halogens is 1. The third-order valence-corrected chi connectivity index (χ3v) is 4.75. The standard InChI is InChI=1S/C19H22FN3O3/c1-12-21-16(10-18(24)22-12)19(25)23-7-6-14(17(11-23)26-2)8-13-4-3-5-15(20)9-13/h3-5,9-10,14,17H,6-8,11H2,1-2H3,(H,21,22,24)/t14-,17+/m1/s1. The second kappa shape index (κ2) is 7.78. The van der Waals surface area contributed by atoms with Crippen molar-refractivity contribution in [2.45, 2.75) is 25.9 Å². The number of aromatic nitrogens is 2. The summed E-state index contributed by atoms with van der Waals surface area (Å²) in [5.74, 6) is 0.0788. The van der Waals surface area contributed by atoms with Crippen LogP contribution in [0.4, 0.5) is 4.39 Å². The molecule has 1 aromatic carbocycles. The molecule has 1 fully saturated rings. The van der Waals surface area contributed by atoms with E-state index < -0.39 is 0 Å². The summed E-state index contributed by atoms with van der Waals surface area (Å²) in [4.78, 5) is 32.6. The number of likely N-dealkylation sites (tertiary alicyclic amines) is 1. The minimum absolute atomic E-state index is 0.143. The van der Waals surface area contributed by atoms with E-state index in [1.165, 1.54) is 18.2 Å². The number of nitrogens with one attached hydrogen (secondary N) is 1. The first-order valence-corrected chi connectivity index (χ1v) is 8.60. The lowest BCUT2D eigenvalue weighted by Gasteiger charge is -2.37.